The van der Waals surface area contributed by atoms with Crippen LogP contribution in [0.1, 0.15) is 5.56 Å². The van der Waals surface area contributed by atoms with Gasteiger partial charge in [-0.25, -0.2) is 0 Å². The third kappa shape index (κ3) is 3.32. The first-order valence-electron chi connectivity index (χ1n) is 3.25. The normalized spacial score (nSPS) is 9.46. The van der Waals surface area contributed by atoms with E-state index in [1.54, 1.807) is 12.1 Å². The fourth-order valence-electron chi connectivity index (χ4n) is 0.864. The molecule has 0 amide bonds. The van der Waals surface area contributed by atoms with E-state index in [0.29, 0.717) is 21.6 Å². The number of aromatic hydroxyl groups is 1. The topological polar surface area (TPSA) is 58.3 Å². The van der Waals surface area contributed by atoms with Gasteiger partial charge in [-0.3, -0.25) is 11.3 Å². The van der Waals surface area contributed by atoms with Gasteiger partial charge >= 0.3 is 0 Å². The average molecular weight is 288 g/mol. The van der Waals surface area contributed by atoms with E-state index in [2.05, 4.69) is 21.4 Å². The van der Waals surface area contributed by atoms with E-state index in [9.17, 15) is 5.11 Å². The molecule has 0 aliphatic heterocycles. The van der Waals surface area contributed by atoms with Crippen molar-refractivity contribution in [3.8, 4) is 5.75 Å². The van der Waals surface area contributed by atoms with Crippen LogP contribution in [0.5, 0.6) is 5.75 Å². The minimum atomic E-state index is 0. The van der Waals surface area contributed by atoms with E-state index in [1.165, 1.54) is 0 Å². The van der Waals surface area contributed by atoms with Crippen LogP contribution in [0.3, 0.4) is 0 Å². The number of rotatable bonds is 2. The average Bonchev–Trinajstić information content (AvgIpc) is 2.00. The van der Waals surface area contributed by atoms with Gasteiger partial charge in [-0.2, -0.15) is 0 Å². The highest BCUT2D eigenvalue weighted by Crippen LogP contribution is 2.31. The maximum absolute atomic E-state index is 9.45. The van der Waals surface area contributed by atoms with Crippen LogP contribution in [0, 0.1) is 0 Å². The Morgan fingerprint density at radius 2 is 2.15 bits per heavy atom. The SMILES string of the molecule is Cl.NNCc1cc(Cl)cc(Br)c1O. The van der Waals surface area contributed by atoms with Gasteiger partial charge in [0.05, 0.1) is 4.47 Å². The van der Waals surface area contributed by atoms with E-state index in [-0.39, 0.29) is 18.2 Å². The molecule has 13 heavy (non-hydrogen) atoms. The zero-order valence-electron chi connectivity index (χ0n) is 6.55. The summed E-state index contributed by atoms with van der Waals surface area (Å²) in [6.07, 6.45) is 0. The first-order valence-corrected chi connectivity index (χ1v) is 4.42. The predicted octanol–water partition coefficient (Wildman–Crippen LogP) is 2.19. The smallest absolute Gasteiger partial charge is 0.134 e. The Morgan fingerprint density at radius 3 is 2.69 bits per heavy atom. The summed E-state index contributed by atoms with van der Waals surface area (Å²) in [5.74, 6) is 5.27. The quantitative estimate of drug-likeness (QED) is 0.577. The minimum absolute atomic E-state index is 0. The Bertz CT molecular complexity index is 296. The molecule has 0 aliphatic rings. The molecule has 0 radical (unpaired) electrons. The van der Waals surface area contributed by atoms with Gasteiger partial charge in [0.15, 0.2) is 0 Å². The van der Waals surface area contributed by atoms with Crippen LogP contribution in [0.15, 0.2) is 16.6 Å². The monoisotopic (exact) mass is 286 g/mol. The standard InChI is InChI=1S/C7H8BrClN2O.ClH/c8-6-2-5(9)1-4(3-11-10)7(6)12;/h1-2,11-12H,3,10H2;1H. The molecule has 0 saturated heterocycles. The van der Waals surface area contributed by atoms with E-state index in [1.807, 2.05) is 0 Å². The molecule has 3 nitrogen and oxygen atoms in total. The van der Waals surface area contributed by atoms with Crippen LogP contribution in [0.4, 0.5) is 0 Å². The molecule has 0 bridgehead atoms. The number of halogens is 3. The van der Waals surface area contributed by atoms with Gasteiger partial charge in [-0.1, -0.05) is 11.6 Å². The first kappa shape index (κ1) is 13.0. The van der Waals surface area contributed by atoms with Crippen molar-refractivity contribution in [3.63, 3.8) is 0 Å². The Kier molecular flexibility index (Phi) is 5.67. The zero-order valence-corrected chi connectivity index (χ0v) is 9.71. The third-order valence-electron chi connectivity index (χ3n) is 1.40. The van der Waals surface area contributed by atoms with Gasteiger partial charge < -0.3 is 5.11 Å². The van der Waals surface area contributed by atoms with E-state index in [0.717, 1.165) is 0 Å². The first-order chi connectivity index (χ1) is 5.65. The van der Waals surface area contributed by atoms with Crippen LogP contribution in [-0.4, -0.2) is 5.11 Å². The lowest BCUT2D eigenvalue weighted by molar-refractivity contribution is 0.461. The van der Waals surface area contributed by atoms with Crippen molar-refractivity contribution >= 4 is 39.9 Å². The number of phenols is 1. The second-order valence-electron chi connectivity index (χ2n) is 2.28. The highest BCUT2D eigenvalue weighted by atomic mass is 79.9. The minimum Gasteiger partial charge on any atom is -0.506 e. The molecule has 0 fully saturated rings. The molecule has 1 aromatic rings. The Hall–Kier alpha value is -0.000000000000000111. The van der Waals surface area contributed by atoms with Crippen molar-refractivity contribution in [1.29, 1.82) is 0 Å². The maximum Gasteiger partial charge on any atom is 0.134 e. The number of phenolic OH excluding ortho intramolecular Hbond substituents is 1. The number of hydrogen-bond donors (Lipinski definition) is 3. The van der Waals surface area contributed by atoms with Crippen molar-refractivity contribution in [1.82, 2.24) is 5.43 Å². The Morgan fingerprint density at radius 1 is 1.54 bits per heavy atom. The van der Waals surface area contributed by atoms with Gasteiger partial charge in [0.1, 0.15) is 5.75 Å². The number of nitrogens with two attached hydrogens (primary N) is 1. The van der Waals surface area contributed by atoms with Crippen molar-refractivity contribution < 1.29 is 5.11 Å². The highest BCUT2D eigenvalue weighted by Gasteiger charge is 2.05. The van der Waals surface area contributed by atoms with Crippen LogP contribution >= 0.6 is 39.9 Å². The maximum atomic E-state index is 9.45. The molecule has 0 aromatic heterocycles. The summed E-state index contributed by atoms with van der Waals surface area (Å²) < 4.78 is 0.570. The molecular weight excluding hydrogens is 279 g/mol. The molecule has 1 rings (SSSR count). The lowest BCUT2D eigenvalue weighted by Crippen LogP contribution is -2.20. The van der Waals surface area contributed by atoms with Gasteiger partial charge in [0.2, 0.25) is 0 Å². The summed E-state index contributed by atoms with van der Waals surface area (Å²) in [6.45, 7) is 0.380. The molecule has 0 saturated carbocycles. The molecule has 0 aliphatic carbocycles. The second-order valence-corrected chi connectivity index (χ2v) is 3.57. The number of hydrazine groups is 1. The highest BCUT2D eigenvalue weighted by molar-refractivity contribution is 9.10. The van der Waals surface area contributed by atoms with Crippen LogP contribution in [-0.2, 0) is 6.54 Å². The molecule has 4 N–H and O–H groups in total. The molecule has 74 valence electrons. The van der Waals surface area contributed by atoms with E-state index < -0.39 is 0 Å². The van der Waals surface area contributed by atoms with Crippen molar-refractivity contribution in [2.24, 2.45) is 5.84 Å². The summed E-state index contributed by atoms with van der Waals surface area (Å²) in [6, 6.07) is 3.28. The summed E-state index contributed by atoms with van der Waals surface area (Å²) in [4.78, 5) is 0. The fraction of sp³-hybridized carbons (Fsp3) is 0.143. The summed E-state index contributed by atoms with van der Waals surface area (Å²) >= 11 is 8.91. The van der Waals surface area contributed by atoms with Gasteiger partial charge in [0, 0.05) is 17.1 Å². The fourth-order valence-corrected chi connectivity index (χ4v) is 1.74. The Labute approximate surface area is 95.8 Å². The number of hydrogen-bond acceptors (Lipinski definition) is 3. The van der Waals surface area contributed by atoms with Crippen LogP contribution in [0.2, 0.25) is 5.02 Å². The molecule has 0 unspecified atom stereocenters. The third-order valence-corrected chi connectivity index (χ3v) is 2.22. The summed E-state index contributed by atoms with van der Waals surface area (Å²) in [5, 5.41) is 10.0. The van der Waals surface area contributed by atoms with Gasteiger partial charge in [-0.15, -0.1) is 12.4 Å². The summed E-state index contributed by atoms with van der Waals surface area (Å²) in [5.41, 5.74) is 3.10. The van der Waals surface area contributed by atoms with E-state index in [4.69, 9.17) is 17.4 Å². The second kappa shape index (κ2) is 5.67. The zero-order chi connectivity index (χ0) is 9.14. The molecule has 0 heterocycles. The molecule has 6 heteroatoms. The largest absolute Gasteiger partial charge is 0.506 e. The van der Waals surface area contributed by atoms with Crippen molar-refractivity contribution in [2.75, 3.05) is 0 Å². The lowest BCUT2D eigenvalue weighted by Gasteiger charge is -2.05. The van der Waals surface area contributed by atoms with Gasteiger partial charge in [0.25, 0.3) is 0 Å². The lowest BCUT2D eigenvalue weighted by atomic mass is 10.2. The molecule has 0 spiro atoms. The van der Waals surface area contributed by atoms with Crippen LogP contribution < -0.4 is 11.3 Å². The summed E-state index contributed by atoms with van der Waals surface area (Å²) in [7, 11) is 0. The molecule has 0 atom stereocenters. The van der Waals surface area contributed by atoms with Crippen LogP contribution in [0.25, 0.3) is 0 Å². The number of nitrogens with one attached hydrogen (secondary N) is 1. The van der Waals surface area contributed by atoms with Crippen molar-refractivity contribution in [2.45, 2.75) is 6.54 Å². The van der Waals surface area contributed by atoms with E-state index >= 15 is 0 Å². The van der Waals surface area contributed by atoms with Gasteiger partial charge in [-0.05, 0) is 28.1 Å². The number of benzene rings is 1. The molecular formula is C7H9BrCl2N2O. The molecule has 1 aromatic carbocycles. The van der Waals surface area contributed by atoms with Crippen molar-refractivity contribution in [3.05, 3.63) is 27.2 Å². The predicted molar refractivity (Wildman–Crippen MR) is 59.1 cm³/mol. The Balaban J connectivity index is 0.00000144.